The van der Waals surface area contributed by atoms with Crippen LogP contribution in [0.3, 0.4) is 0 Å². The van der Waals surface area contributed by atoms with E-state index in [1.807, 2.05) is 0 Å². The molecule has 0 aliphatic carbocycles. The van der Waals surface area contributed by atoms with E-state index in [4.69, 9.17) is 0 Å². The van der Waals surface area contributed by atoms with Gasteiger partial charge >= 0.3 is 0 Å². The molecule has 19 heavy (non-hydrogen) atoms. The maximum Gasteiger partial charge on any atom is 0.0436 e. The number of fused-ring (bicyclic) bond motifs is 1. The number of aryl methyl sites for hydroxylation is 1. The summed E-state index contributed by atoms with van der Waals surface area (Å²) >= 11 is 0. The molecule has 1 heteroatoms. The first kappa shape index (κ1) is 12.3. The Labute approximate surface area is 115 Å². The quantitative estimate of drug-likeness (QED) is 0.751. The van der Waals surface area contributed by atoms with Crippen LogP contribution in [-0.2, 0) is 13.1 Å². The van der Waals surface area contributed by atoms with E-state index < -0.39 is 0 Å². The fourth-order valence-corrected chi connectivity index (χ4v) is 2.78. The molecule has 0 radical (unpaired) electrons. The molecule has 0 spiro atoms. The predicted molar refractivity (Wildman–Crippen MR) is 81.6 cm³/mol. The molecule has 1 heterocycles. The molecular formula is C18H21N. The Balaban J connectivity index is 1.82. The Hall–Kier alpha value is -1.76. The van der Waals surface area contributed by atoms with Crippen molar-refractivity contribution >= 4 is 5.69 Å². The van der Waals surface area contributed by atoms with Gasteiger partial charge in [-0.3, -0.25) is 0 Å². The highest BCUT2D eigenvalue weighted by Gasteiger charge is 2.18. The summed E-state index contributed by atoms with van der Waals surface area (Å²) in [6, 6.07) is 15.8. The molecular weight excluding hydrogens is 230 g/mol. The smallest absolute Gasteiger partial charge is 0.0436 e. The van der Waals surface area contributed by atoms with Gasteiger partial charge in [-0.2, -0.15) is 0 Å². The van der Waals surface area contributed by atoms with Crippen LogP contribution in [0.15, 0.2) is 42.5 Å². The average molecular weight is 251 g/mol. The zero-order valence-electron chi connectivity index (χ0n) is 12.0. The summed E-state index contributed by atoms with van der Waals surface area (Å²) in [6.45, 7) is 8.72. The average Bonchev–Trinajstić information content (AvgIpc) is 2.81. The third kappa shape index (κ3) is 2.37. The summed E-state index contributed by atoms with van der Waals surface area (Å²) in [5.74, 6) is 0.604. The van der Waals surface area contributed by atoms with E-state index in [1.54, 1.807) is 0 Å². The van der Waals surface area contributed by atoms with Crippen LogP contribution < -0.4 is 4.90 Å². The summed E-state index contributed by atoms with van der Waals surface area (Å²) in [6.07, 6.45) is 0. The highest BCUT2D eigenvalue weighted by atomic mass is 15.1. The number of nitrogens with zero attached hydrogens (tertiary/aromatic N) is 1. The summed E-state index contributed by atoms with van der Waals surface area (Å²) in [5.41, 5.74) is 7.05. The van der Waals surface area contributed by atoms with Crippen LogP contribution in [-0.4, -0.2) is 0 Å². The van der Waals surface area contributed by atoms with Crippen molar-refractivity contribution in [3.8, 4) is 0 Å². The van der Waals surface area contributed by atoms with Crippen LogP contribution in [0, 0.1) is 6.92 Å². The Bertz CT molecular complexity index is 581. The van der Waals surface area contributed by atoms with Gasteiger partial charge < -0.3 is 4.90 Å². The highest BCUT2D eigenvalue weighted by Crippen LogP contribution is 2.29. The molecule has 0 atom stereocenters. The second-order valence-corrected chi connectivity index (χ2v) is 5.87. The second kappa shape index (κ2) is 4.73. The van der Waals surface area contributed by atoms with Crippen molar-refractivity contribution in [2.24, 2.45) is 0 Å². The van der Waals surface area contributed by atoms with Crippen LogP contribution in [0.25, 0.3) is 0 Å². The number of hydrogen-bond donors (Lipinski definition) is 0. The standard InChI is InChI=1S/C18H21N/c1-13(2)15-6-8-18(9-7-15)19-11-16-5-4-14(3)10-17(16)12-19/h4-10,13H,11-12H2,1-3H3. The Morgan fingerprint density at radius 1 is 0.895 bits per heavy atom. The van der Waals surface area contributed by atoms with Crippen LogP contribution in [0.4, 0.5) is 5.69 Å². The van der Waals surface area contributed by atoms with Gasteiger partial charge in [0.2, 0.25) is 0 Å². The second-order valence-electron chi connectivity index (χ2n) is 5.87. The molecule has 2 aromatic rings. The van der Waals surface area contributed by atoms with Gasteiger partial charge in [0.15, 0.2) is 0 Å². The molecule has 0 amide bonds. The lowest BCUT2D eigenvalue weighted by Gasteiger charge is -2.18. The summed E-state index contributed by atoms with van der Waals surface area (Å²) in [5, 5.41) is 0. The van der Waals surface area contributed by atoms with Crippen molar-refractivity contribution < 1.29 is 0 Å². The third-order valence-electron chi connectivity index (χ3n) is 4.01. The number of rotatable bonds is 2. The maximum absolute atomic E-state index is 2.45. The SMILES string of the molecule is Cc1ccc2c(c1)CN(c1ccc(C(C)C)cc1)C2. The summed E-state index contributed by atoms with van der Waals surface area (Å²) in [7, 11) is 0. The minimum absolute atomic E-state index is 0.604. The van der Waals surface area contributed by atoms with E-state index in [0.717, 1.165) is 13.1 Å². The largest absolute Gasteiger partial charge is 0.363 e. The first-order valence-electron chi connectivity index (χ1n) is 7.07. The summed E-state index contributed by atoms with van der Waals surface area (Å²) < 4.78 is 0. The molecule has 0 unspecified atom stereocenters. The first-order chi connectivity index (χ1) is 9.13. The minimum atomic E-state index is 0.604. The van der Waals surface area contributed by atoms with Gasteiger partial charge in [-0.1, -0.05) is 49.7 Å². The fraction of sp³-hybridized carbons (Fsp3) is 0.333. The number of hydrogen-bond acceptors (Lipinski definition) is 1. The van der Waals surface area contributed by atoms with E-state index in [9.17, 15) is 0 Å². The van der Waals surface area contributed by atoms with E-state index in [-0.39, 0.29) is 0 Å². The maximum atomic E-state index is 2.45. The normalized spacial score (nSPS) is 14.0. The van der Waals surface area contributed by atoms with Crippen LogP contribution in [0.1, 0.15) is 42.0 Å². The number of benzene rings is 2. The zero-order chi connectivity index (χ0) is 13.4. The van der Waals surface area contributed by atoms with Gasteiger partial charge in [0.25, 0.3) is 0 Å². The van der Waals surface area contributed by atoms with Gasteiger partial charge in [0.05, 0.1) is 0 Å². The van der Waals surface area contributed by atoms with Crippen molar-refractivity contribution in [1.82, 2.24) is 0 Å². The van der Waals surface area contributed by atoms with E-state index in [2.05, 4.69) is 68.1 Å². The van der Waals surface area contributed by atoms with E-state index in [1.165, 1.54) is 27.9 Å². The van der Waals surface area contributed by atoms with Crippen molar-refractivity contribution in [3.05, 3.63) is 64.7 Å². The van der Waals surface area contributed by atoms with Crippen molar-refractivity contribution in [2.75, 3.05) is 4.90 Å². The molecule has 1 aliphatic rings. The van der Waals surface area contributed by atoms with Crippen LogP contribution in [0.5, 0.6) is 0 Å². The monoisotopic (exact) mass is 251 g/mol. The molecule has 2 aromatic carbocycles. The lowest BCUT2D eigenvalue weighted by atomic mass is 10.0. The van der Waals surface area contributed by atoms with Gasteiger partial charge in [-0.25, -0.2) is 0 Å². The van der Waals surface area contributed by atoms with Gasteiger partial charge in [0, 0.05) is 18.8 Å². The lowest BCUT2D eigenvalue weighted by Crippen LogP contribution is -2.14. The molecule has 0 fully saturated rings. The predicted octanol–water partition coefficient (Wildman–Crippen LogP) is 4.64. The fourth-order valence-electron chi connectivity index (χ4n) is 2.78. The van der Waals surface area contributed by atoms with Crippen molar-refractivity contribution in [1.29, 1.82) is 0 Å². The zero-order valence-corrected chi connectivity index (χ0v) is 12.0. The molecule has 1 aliphatic heterocycles. The van der Waals surface area contributed by atoms with Gasteiger partial charge in [-0.15, -0.1) is 0 Å². The van der Waals surface area contributed by atoms with Gasteiger partial charge in [0.1, 0.15) is 0 Å². The number of anilines is 1. The van der Waals surface area contributed by atoms with Crippen LogP contribution >= 0.6 is 0 Å². The molecule has 1 nitrogen and oxygen atoms in total. The highest BCUT2D eigenvalue weighted by molar-refractivity contribution is 5.53. The Kier molecular flexibility index (Phi) is 3.06. The van der Waals surface area contributed by atoms with E-state index >= 15 is 0 Å². The van der Waals surface area contributed by atoms with Crippen molar-refractivity contribution in [3.63, 3.8) is 0 Å². The molecule has 0 N–H and O–H groups in total. The Morgan fingerprint density at radius 2 is 1.58 bits per heavy atom. The molecule has 0 saturated heterocycles. The minimum Gasteiger partial charge on any atom is -0.363 e. The molecule has 0 aromatic heterocycles. The molecule has 98 valence electrons. The van der Waals surface area contributed by atoms with E-state index in [0.29, 0.717) is 5.92 Å². The topological polar surface area (TPSA) is 3.24 Å². The third-order valence-corrected chi connectivity index (χ3v) is 4.01. The van der Waals surface area contributed by atoms with Crippen LogP contribution in [0.2, 0.25) is 0 Å². The Morgan fingerprint density at radius 3 is 2.26 bits per heavy atom. The van der Waals surface area contributed by atoms with Crippen molar-refractivity contribution in [2.45, 2.75) is 39.8 Å². The first-order valence-corrected chi connectivity index (χ1v) is 7.07. The molecule has 0 bridgehead atoms. The molecule has 0 saturated carbocycles. The van der Waals surface area contributed by atoms with Gasteiger partial charge in [-0.05, 0) is 41.7 Å². The lowest BCUT2D eigenvalue weighted by molar-refractivity contribution is 0.856. The molecule has 3 rings (SSSR count). The summed E-state index contributed by atoms with van der Waals surface area (Å²) in [4.78, 5) is 2.45.